The number of hydrogen-bond acceptors (Lipinski definition) is 4. The van der Waals surface area contributed by atoms with E-state index < -0.39 is 6.10 Å². The predicted octanol–water partition coefficient (Wildman–Crippen LogP) is 2.87. The molecule has 0 aliphatic rings. The van der Waals surface area contributed by atoms with Gasteiger partial charge >= 0.3 is 0 Å². The lowest BCUT2D eigenvalue weighted by Crippen LogP contribution is -2.13. The van der Waals surface area contributed by atoms with Crippen LogP contribution in [-0.2, 0) is 13.2 Å². The summed E-state index contributed by atoms with van der Waals surface area (Å²) in [5, 5.41) is 14.0. The number of aryl methyl sites for hydroxylation is 1. The quantitative estimate of drug-likeness (QED) is 0.888. The maximum atomic E-state index is 9.81. The van der Waals surface area contributed by atoms with Crippen molar-refractivity contribution < 1.29 is 9.84 Å². The van der Waals surface area contributed by atoms with Gasteiger partial charge in [-0.1, -0.05) is 26.0 Å². The maximum Gasteiger partial charge on any atom is 0.164 e. The standard InChI is InChI=1S/C16H23N3O2/c1-11(2)8-19-16(17-10-18-19)9-21-15-7-12(3)5-6-14(15)13(4)20/h5-7,10-11,13,20H,8-9H2,1-4H3/t13-/m1/s1. The molecule has 2 aromatic rings. The third-order valence-electron chi connectivity index (χ3n) is 3.21. The van der Waals surface area contributed by atoms with Crippen molar-refractivity contribution in [2.75, 3.05) is 0 Å². The molecule has 1 aromatic carbocycles. The topological polar surface area (TPSA) is 60.2 Å². The molecule has 21 heavy (non-hydrogen) atoms. The molecule has 1 aromatic heterocycles. The fraction of sp³-hybridized carbons (Fsp3) is 0.500. The van der Waals surface area contributed by atoms with Gasteiger partial charge in [0.25, 0.3) is 0 Å². The monoisotopic (exact) mass is 289 g/mol. The average molecular weight is 289 g/mol. The van der Waals surface area contributed by atoms with E-state index in [1.807, 2.05) is 29.8 Å². The smallest absolute Gasteiger partial charge is 0.164 e. The highest BCUT2D eigenvalue weighted by atomic mass is 16.5. The van der Waals surface area contributed by atoms with Gasteiger partial charge in [-0.3, -0.25) is 0 Å². The molecule has 0 fully saturated rings. The van der Waals surface area contributed by atoms with Gasteiger partial charge in [-0.2, -0.15) is 5.10 Å². The third-order valence-corrected chi connectivity index (χ3v) is 3.21. The van der Waals surface area contributed by atoms with Crippen LogP contribution in [0, 0.1) is 12.8 Å². The Hall–Kier alpha value is -1.88. The highest BCUT2D eigenvalue weighted by Crippen LogP contribution is 2.26. The van der Waals surface area contributed by atoms with Crippen LogP contribution in [0.3, 0.4) is 0 Å². The van der Waals surface area contributed by atoms with Crippen LogP contribution in [0.5, 0.6) is 5.75 Å². The van der Waals surface area contributed by atoms with Gasteiger partial charge < -0.3 is 9.84 Å². The fourth-order valence-corrected chi connectivity index (χ4v) is 2.15. The Morgan fingerprint density at radius 2 is 2.05 bits per heavy atom. The van der Waals surface area contributed by atoms with E-state index in [2.05, 4.69) is 23.9 Å². The number of aliphatic hydroxyl groups is 1. The second kappa shape index (κ2) is 6.72. The van der Waals surface area contributed by atoms with E-state index >= 15 is 0 Å². The Labute approximate surface area is 125 Å². The van der Waals surface area contributed by atoms with E-state index in [0.717, 1.165) is 23.5 Å². The largest absolute Gasteiger partial charge is 0.485 e. The molecule has 0 bridgehead atoms. The lowest BCUT2D eigenvalue weighted by molar-refractivity contribution is 0.189. The molecule has 1 atom stereocenters. The van der Waals surface area contributed by atoms with E-state index in [1.165, 1.54) is 0 Å². The Balaban J connectivity index is 2.13. The van der Waals surface area contributed by atoms with Crippen LogP contribution in [0.25, 0.3) is 0 Å². The highest BCUT2D eigenvalue weighted by Gasteiger charge is 2.12. The lowest BCUT2D eigenvalue weighted by Gasteiger charge is -2.15. The van der Waals surface area contributed by atoms with Gasteiger partial charge in [0, 0.05) is 12.1 Å². The predicted molar refractivity (Wildman–Crippen MR) is 81.0 cm³/mol. The molecule has 114 valence electrons. The summed E-state index contributed by atoms with van der Waals surface area (Å²) < 4.78 is 7.73. The van der Waals surface area contributed by atoms with Gasteiger partial charge in [-0.25, -0.2) is 9.67 Å². The molecule has 0 radical (unpaired) electrons. The van der Waals surface area contributed by atoms with Crippen LogP contribution in [0.2, 0.25) is 0 Å². The van der Waals surface area contributed by atoms with E-state index in [4.69, 9.17) is 4.74 Å². The summed E-state index contributed by atoms with van der Waals surface area (Å²) in [5.41, 5.74) is 1.88. The first kappa shape index (κ1) is 15.5. The van der Waals surface area contributed by atoms with Crippen molar-refractivity contribution in [1.82, 2.24) is 14.8 Å². The van der Waals surface area contributed by atoms with Crippen molar-refractivity contribution in [3.05, 3.63) is 41.5 Å². The molecule has 1 N–H and O–H groups in total. The van der Waals surface area contributed by atoms with Gasteiger partial charge in [0.05, 0.1) is 6.10 Å². The Bertz CT molecular complexity index is 591. The van der Waals surface area contributed by atoms with E-state index in [1.54, 1.807) is 13.3 Å². The summed E-state index contributed by atoms with van der Waals surface area (Å²) in [7, 11) is 0. The van der Waals surface area contributed by atoms with Crippen LogP contribution in [0.1, 0.15) is 43.8 Å². The number of benzene rings is 1. The molecule has 0 spiro atoms. The number of ether oxygens (including phenoxy) is 1. The number of nitrogens with zero attached hydrogens (tertiary/aromatic N) is 3. The van der Waals surface area contributed by atoms with Crippen molar-refractivity contribution in [2.45, 2.75) is 47.0 Å². The van der Waals surface area contributed by atoms with E-state index in [-0.39, 0.29) is 0 Å². The highest BCUT2D eigenvalue weighted by molar-refractivity contribution is 5.38. The van der Waals surface area contributed by atoms with Crippen LogP contribution in [-0.4, -0.2) is 19.9 Å². The van der Waals surface area contributed by atoms with Crippen molar-refractivity contribution >= 4 is 0 Å². The molecule has 0 saturated carbocycles. The van der Waals surface area contributed by atoms with E-state index in [0.29, 0.717) is 18.3 Å². The lowest BCUT2D eigenvalue weighted by atomic mass is 10.1. The first-order chi connectivity index (χ1) is 9.97. The molecule has 5 nitrogen and oxygen atoms in total. The minimum atomic E-state index is -0.561. The van der Waals surface area contributed by atoms with E-state index in [9.17, 15) is 5.11 Å². The summed E-state index contributed by atoms with van der Waals surface area (Å²) in [6.07, 6.45) is 0.988. The summed E-state index contributed by atoms with van der Waals surface area (Å²) in [6, 6.07) is 5.80. The summed E-state index contributed by atoms with van der Waals surface area (Å²) in [6.45, 7) is 9.17. The third kappa shape index (κ3) is 4.04. The molecule has 1 heterocycles. The van der Waals surface area contributed by atoms with Gasteiger partial charge in [-0.05, 0) is 31.4 Å². The summed E-state index contributed by atoms with van der Waals surface area (Å²) >= 11 is 0. The number of aliphatic hydroxyl groups excluding tert-OH is 1. The van der Waals surface area contributed by atoms with Gasteiger partial charge in [0.1, 0.15) is 18.7 Å². The molecular formula is C16H23N3O2. The van der Waals surface area contributed by atoms with Crippen molar-refractivity contribution in [2.24, 2.45) is 5.92 Å². The molecule has 0 aliphatic carbocycles. The molecule has 0 unspecified atom stereocenters. The average Bonchev–Trinajstić information content (AvgIpc) is 2.82. The Kier molecular flexibility index (Phi) is 4.96. The maximum absolute atomic E-state index is 9.81. The van der Waals surface area contributed by atoms with Gasteiger partial charge in [0.2, 0.25) is 0 Å². The summed E-state index contributed by atoms with van der Waals surface area (Å²) in [5.74, 6) is 1.99. The fourth-order valence-electron chi connectivity index (χ4n) is 2.15. The number of rotatable bonds is 6. The molecule has 0 amide bonds. The normalized spacial score (nSPS) is 12.7. The van der Waals surface area contributed by atoms with Crippen molar-refractivity contribution in [3.8, 4) is 5.75 Å². The van der Waals surface area contributed by atoms with Gasteiger partial charge in [0.15, 0.2) is 5.82 Å². The minimum absolute atomic E-state index is 0.343. The molecule has 5 heteroatoms. The molecule has 2 rings (SSSR count). The molecule has 0 aliphatic heterocycles. The SMILES string of the molecule is Cc1ccc([C@@H](C)O)c(OCc2ncnn2CC(C)C)c1. The zero-order valence-corrected chi connectivity index (χ0v) is 13.1. The first-order valence-corrected chi connectivity index (χ1v) is 7.25. The summed E-state index contributed by atoms with van der Waals surface area (Å²) in [4.78, 5) is 4.25. The minimum Gasteiger partial charge on any atom is -0.485 e. The Morgan fingerprint density at radius 1 is 1.29 bits per heavy atom. The van der Waals surface area contributed by atoms with Crippen molar-refractivity contribution in [1.29, 1.82) is 0 Å². The first-order valence-electron chi connectivity index (χ1n) is 7.25. The second-order valence-electron chi connectivity index (χ2n) is 5.76. The number of hydrogen-bond donors (Lipinski definition) is 1. The second-order valence-corrected chi connectivity index (χ2v) is 5.76. The van der Waals surface area contributed by atoms with Gasteiger partial charge in [-0.15, -0.1) is 0 Å². The molecular weight excluding hydrogens is 266 g/mol. The van der Waals surface area contributed by atoms with Crippen LogP contribution < -0.4 is 4.74 Å². The van der Waals surface area contributed by atoms with Crippen LogP contribution >= 0.6 is 0 Å². The van der Waals surface area contributed by atoms with Crippen molar-refractivity contribution in [3.63, 3.8) is 0 Å². The zero-order chi connectivity index (χ0) is 15.4. The van der Waals surface area contributed by atoms with Crippen LogP contribution in [0.4, 0.5) is 0 Å². The zero-order valence-electron chi connectivity index (χ0n) is 13.1. The van der Waals surface area contributed by atoms with Crippen LogP contribution in [0.15, 0.2) is 24.5 Å². The Morgan fingerprint density at radius 3 is 2.71 bits per heavy atom. The number of aromatic nitrogens is 3. The molecule has 0 saturated heterocycles.